The van der Waals surface area contributed by atoms with Gasteiger partial charge in [0.25, 0.3) is 0 Å². The van der Waals surface area contributed by atoms with Crippen LogP contribution in [-0.2, 0) is 0 Å². The first kappa shape index (κ1) is 14.8. The summed E-state index contributed by atoms with van der Waals surface area (Å²) in [6, 6.07) is 1.78. The monoisotopic (exact) mass is 267 g/mol. The van der Waals surface area contributed by atoms with Crippen molar-refractivity contribution in [3.05, 3.63) is 17.8 Å². The first-order chi connectivity index (χ1) is 8.69. The smallest absolute Gasteiger partial charge is 0.158 e. The van der Waals surface area contributed by atoms with Crippen molar-refractivity contribution >= 4 is 23.0 Å². The van der Waals surface area contributed by atoms with Gasteiger partial charge in [0, 0.05) is 13.1 Å². The molecule has 0 aliphatic heterocycles. The van der Waals surface area contributed by atoms with Gasteiger partial charge in [-0.15, -0.1) is 5.10 Å². The summed E-state index contributed by atoms with van der Waals surface area (Å²) >= 11 is 4.98. The maximum atomic E-state index is 5.63. The van der Waals surface area contributed by atoms with Crippen LogP contribution in [-0.4, -0.2) is 46.3 Å². The Kier molecular flexibility index (Phi) is 6.53. The lowest BCUT2D eigenvalue weighted by molar-refractivity contribution is 0.300. The highest BCUT2D eigenvalue weighted by Gasteiger charge is 2.06. The van der Waals surface area contributed by atoms with Gasteiger partial charge in [0.1, 0.15) is 4.99 Å². The summed E-state index contributed by atoms with van der Waals surface area (Å²) in [6.07, 6.45) is 2.76. The summed E-state index contributed by atoms with van der Waals surface area (Å²) in [5.74, 6) is 0.664. The summed E-state index contributed by atoms with van der Waals surface area (Å²) in [5, 5.41) is 11.1. The molecule has 1 aromatic heterocycles. The second-order valence-corrected chi connectivity index (χ2v) is 4.46. The lowest BCUT2D eigenvalue weighted by Crippen LogP contribution is -2.30. The highest BCUT2D eigenvalue weighted by Crippen LogP contribution is 2.09. The van der Waals surface area contributed by atoms with Crippen LogP contribution in [0.5, 0.6) is 0 Å². The van der Waals surface area contributed by atoms with E-state index in [0.29, 0.717) is 10.8 Å². The zero-order valence-corrected chi connectivity index (χ0v) is 11.8. The van der Waals surface area contributed by atoms with Crippen molar-refractivity contribution in [1.82, 2.24) is 15.1 Å². The van der Waals surface area contributed by atoms with E-state index in [2.05, 4.69) is 34.3 Å². The maximum absolute atomic E-state index is 5.63. The molecule has 0 bridgehead atoms. The van der Waals surface area contributed by atoms with Crippen LogP contribution in [0.4, 0.5) is 5.82 Å². The molecule has 0 radical (unpaired) electrons. The minimum Gasteiger partial charge on any atom is -0.389 e. The Balaban J connectivity index is 2.50. The zero-order chi connectivity index (χ0) is 13.4. The van der Waals surface area contributed by atoms with E-state index < -0.39 is 0 Å². The van der Waals surface area contributed by atoms with Crippen LogP contribution < -0.4 is 11.1 Å². The van der Waals surface area contributed by atoms with Crippen LogP contribution in [0.2, 0.25) is 0 Å². The normalized spacial score (nSPS) is 10.6. The maximum Gasteiger partial charge on any atom is 0.158 e. The van der Waals surface area contributed by atoms with Gasteiger partial charge >= 0.3 is 0 Å². The second kappa shape index (κ2) is 7.94. The lowest BCUT2D eigenvalue weighted by Gasteiger charge is -2.19. The largest absolute Gasteiger partial charge is 0.389 e. The number of nitrogens with zero attached hydrogens (tertiary/aromatic N) is 3. The van der Waals surface area contributed by atoms with E-state index in [9.17, 15) is 0 Å². The summed E-state index contributed by atoms with van der Waals surface area (Å²) in [7, 11) is 0. The third kappa shape index (κ3) is 4.54. The Morgan fingerprint density at radius 1 is 1.44 bits per heavy atom. The average molecular weight is 267 g/mol. The van der Waals surface area contributed by atoms with Gasteiger partial charge in [-0.3, -0.25) is 0 Å². The van der Waals surface area contributed by atoms with Gasteiger partial charge in [0.2, 0.25) is 0 Å². The first-order valence-electron chi connectivity index (χ1n) is 6.26. The summed E-state index contributed by atoms with van der Waals surface area (Å²) in [5.41, 5.74) is 6.38. The molecule has 100 valence electrons. The Labute approximate surface area is 114 Å². The lowest BCUT2D eigenvalue weighted by atomic mass is 10.3. The fraction of sp³-hybridized carbons (Fsp3) is 0.583. The molecule has 0 saturated heterocycles. The van der Waals surface area contributed by atoms with Gasteiger partial charge in [-0.2, -0.15) is 5.10 Å². The van der Waals surface area contributed by atoms with Crippen molar-refractivity contribution in [1.29, 1.82) is 0 Å². The molecule has 5 nitrogen and oxygen atoms in total. The molecule has 6 heteroatoms. The number of aromatic nitrogens is 2. The summed E-state index contributed by atoms with van der Waals surface area (Å²) < 4.78 is 0. The number of anilines is 1. The number of rotatable bonds is 8. The molecule has 3 N–H and O–H groups in total. The molecule has 1 aromatic rings. The van der Waals surface area contributed by atoms with E-state index in [1.807, 2.05) is 0 Å². The van der Waals surface area contributed by atoms with Gasteiger partial charge in [0.05, 0.1) is 11.8 Å². The van der Waals surface area contributed by atoms with Crippen molar-refractivity contribution in [3.8, 4) is 0 Å². The van der Waals surface area contributed by atoms with Crippen molar-refractivity contribution in [2.75, 3.05) is 31.5 Å². The van der Waals surface area contributed by atoms with Crippen LogP contribution in [0.3, 0.4) is 0 Å². The molecule has 1 rings (SSSR count). The van der Waals surface area contributed by atoms with Gasteiger partial charge in [-0.05, 0) is 25.6 Å². The molecule has 18 heavy (non-hydrogen) atoms. The quantitative estimate of drug-likeness (QED) is 0.691. The fourth-order valence-corrected chi connectivity index (χ4v) is 1.90. The van der Waals surface area contributed by atoms with Crippen LogP contribution in [0.1, 0.15) is 25.8 Å². The van der Waals surface area contributed by atoms with E-state index >= 15 is 0 Å². The van der Waals surface area contributed by atoms with Gasteiger partial charge in [-0.1, -0.05) is 26.1 Å². The molecular formula is C12H21N5S. The minimum absolute atomic E-state index is 0.341. The van der Waals surface area contributed by atoms with E-state index in [0.717, 1.165) is 38.2 Å². The van der Waals surface area contributed by atoms with Crippen LogP contribution >= 0.6 is 12.2 Å². The fourth-order valence-electron chi connectivity index (χ4n) is 1.74. The van der Waals surface area contributed by atoms with E-state index in [1.165, 1.54) is 0 Å². The molecule has 0 unspecified atom stereocenters. The average Bonchev–Trinajstić information content (AvgIpc) is 2.38. The molecule has 0 aromatic carbocycles. The molecule has 0 atom stereocenters. The number of hydrogen-bond donors (Lipinski definition) is 2. The van der Waals surface area contributed by atoms with Gasteiger partial charge in [0.15, 0.2) is 5.82 Å². The van der Waals surface area contributed by atoms with Crippen molar-refractivity contribution in [3.63, 3.8) is 0 Å². The predicted molar refractivity (Wildman–Crippen MR) is 78.8 cm³/mol. The highest BCUT2D eigenvalue weighted by molar-refractivity contribution is 7.80. The Bertz CT molecular complexity index is 382. The predicted octanol–water partition coefficient (Wildman–Crippen LogP) is 1.25. The third-order valence-corrected chi connectivity index (χ3v) is 2.91. The van der Waals surface area contributed by atoms with Crippen LogP contribution in [0, 0.1) is 0 Å². The summed E-state index contributed by atoms with van der Waals surface area (Å²) in [6.45, 7) is 8.29. The third-order valence-electron chi connectivity index (χ3n) is 2.69. The molecule has 0 saturated carbocycles. The molecule has 0 aliphatic rings. The van der Waals surface area contributed by atoms with E-state index in [-0.39, 0.29) is 0 Å². The first-order valence-corrected chi connectivity index (χ1v) is 6.67. The second-order valence-electron chi connectivity index (χ2n) is 4.02. The molecule has 1 heterocycles. The number of nitrogens with one attached hydrogen (secondary N) is 1. The van der Waals surface area contributed by atoms with E-state index in [4.69, 9.17) is 18.0 Å². The molecule has 0 aliphatic carbocycles. The Morgan fingerprint density at radius 3 is 2.83 bits per heavy atom. The topological polar surface area (TPSA) is 67.1 Å². The standard InChI is InChI=1S/C12H21N5S/c1-3-8-17(4-2)9-7-14-12-10(11(13)18)5-6-15-16-12/h5-6H,3-4,7-9H2,1-2H3,(H2,13,18)(H,14,16). The summed E-state index contributed by atoms with van der Waals surface area (Å²) in [4.78, 5) is 2.72. The molecule has 0 spiro atoms. The Hall–Kier alpha value is -1.27. The van der Waals surface area contributed by atoms with Crippen LogP contribution in [0.15, 0.2) is 12.3 Å². The number of hydrogen-bond acceptors (Lipinski definition) is 5. The van der Waals surface area contributed by atoms with Crippen LogP contribution in [0.25, 0.3) is 0 Å². The van der Waals surface area contributed by atoms with Gasteiger partial charge < -0.3 is 16.0 Å². The number of nitrogens with two attached hydrogens (primary N) is 1. The number of likely N-dealkylation sites (N-methyl/N-ethyl adjacent to an activating group) is 1. The molecule has 0 fully saturated rings. The molecule has 0 amide bonds. The minimum atomic E-state index is 0.341. The molecular weight excluding hydrogens is 246 g/mol. The Morgan fingerprint density at radius 2 is 2.22 bits per heavy atom. The van der Waals surface area contributed by atoms with E-state index in [1.54, 1.807) is 12.3 Å². The zero-order valence-electron chi connectivity index (χ0n) is 11.0. The highest BCUT2D eigenvalue weighted by atomic mass is 32.1. The van der Waals surface area contributed by atoms with Crippen molar-refractivity contribution in [2.24, 2.45) is 5.73 Å². The van der Waals surface area contributed by atoms with Crippen molar-refractivity contribution < 1.29 is 0 Å². The van der Waals surface area contributed by atoms with Gasteiger partial charge in [-0.25, -0.2) is 0 Å². The van der Waals surface area contributed by atoms with Crippen molar-refractivity contribution in [2.45, 2.75) is 20.3 Å². The SMILES string of the molecule is CCCN(CC)CCNc1nnccc1C(N)=S. The number of thiocarbonyl (C=S) groups is 1.